The molecule has 2 aromatic rings. The van der Waals surface area contributed by atoms with E-state index in [1.165, 1.54) is 5.56 Å². The highest BCUT2D eigenvalue weighted by molar-refractivity contribution is 5.78. The Bertz CT molecular complexity index is 845. The number of rotatable bonds is 8. The quantitative estimate of drug-likeness (QED) is 0.497. The molecule has 0 spiro atoms. The highest BCUT2D eigenvalue weighted by Crippen LogP contribution is 2.15. The van der Waals surface area contributed by atoms with Crippen LogP contribution in [0.15, 0.2) is 52.1 Å². The third kappa shape index (κ3) is 7.03. The first kappa shape index (κ1) is 22.7. The maximum Gasteiger partial charge on any atom is 0.409 e. The molecule has 3 rings (SSSR count). The molecule has 1 fully saturated rings. The fourth-order valence-electron chi connectivity index (χ4n) is 3.73. The number of nitrogens with one attached hydrogen (secondary N) is 1. The summed E-state index contributed by atoms with van der Waals surface area (Å²) in [6.45, 7) is 5.61. The minimum Gasteiger partial charge on any atom is -0.468 e. The topological polar surface area (TPSA) is 96.3 Å². The number of piperidine rings is 1. The zero-order chi connectivity index (χ0) is 22.1. The number of hydrogen-bond acceptors (Lipinski definition) is 5. The minimum absolute atomic E-state index is 0.212. The molecule has 31 heavy (non-hydrogen) atoms. The summed E-state index contributed by atoms with van der Waals surface area (Å²) < 4.78 is 10.5. The Balaban J connectivity index is 1.49. The van der Waals surface area contributed by atoms with Crippen LogP contribution < -0.4 is 11.1 Å². The van der Waals surface area contributed by atoms with Crippen LogP contribution >= 0.6 is 0 Å². The van der Waals surface area contributed by atoms with Gasteiger partial charge in [0.1, 0.15) is 5.76 Å². The Morgan fingerprint density at radius 3 is 2.65 bits per heavy atom. The zero-order valence-electron chi connectivity index (χ0n) is 18.4. The van der Waals surface area contributed by atoms with E-state index in [-0.39, 0.29) is 12.1 Å². The minimum atomic E-state index is -0.240. The number of amides is 1. The van der Waals surface area contributed by atoms with Gasteiger partial charge in [0.05, 0.1) is 26.0 Å². The molecule has 1 aliphatic heterocycles. The predicted octanol–water partition coefficient (Wildman–Crippen LogP) is 2.94. The van der Waals surface area contributed by atoms with Gasteiger partial charge in [0.2, 0.25) is 0 Å². The van der Waals surface area contributed by atoms with Crippen molar-refractivity contribution >= 4 is 12.1 Å². The van der Waals surface area contributed by atoms with Gasteiger partial charge in [0.25, 0.3) is 0 Å². The van der Waals surface area contributed by atoms with Crippen molar-refractivity contribution in [1.29, 1.82) is 0 Å². The van der Waals surface area contributed by atoms with Crippen molar-refractivity contribution in [2.45, 2.75) is 45.4 Å². The fourth-order valence-corrected chi connectivity index (χ4v) is 3.73. The van der Waals surface area contributed by atoms with Gasteiger partial charge in [0, 0.05) is 25.7 Å². The van der Waals surface area contributed by atoms with Crippen LogP contribution in [0.1, 0.15) is 36.7 Å². The summed E-state index contributed by atoms with van der Waals surface area (Å²) in [5.74, 6) is 1.38. The van der Waals surface area contributed by atoms with Crippen molar-refractivity contribution in [3.05, 3.63) is 59.5 Å². The van der Waals surface area contributed by atoms with Crippen molar-refractivity contribution in [2.75, 3.05) is 26.7 Å². The third-order valence-electron chi connectivity index (χ3n) is 5.36. The van der Waals surface area contributed by atoms with E-state index in [1.54, 1.807) is 11.2 Å². The monoisotopic (exact) mass is 427 g/mol. The second-order valence-corrected chi connectivity index (χ2v) is 7.83. The smallest absolute Gasteiger partial charge is 0.409 e. The van der Waals surface area contributed by atoms with E-state index in [0.717, 1.165) is 37.3 Å². The molecular formula is C23H33N5O3. The van der Waals surface area contributed by atoms with Crippen molar-refractivity contribution < 1.29 is 13.9 Å². The lowest BCUT2D eigenvalue weighted by Crippen LogP contribution is -2.48. The van der Waals surface area contributed by atoms with Crippen LogP contribution in [0.25, 0.3) is 0 Å². The summed E-state index contributed by atoms with van der Waals surface area (Å²) in [5.41, 5.74) is 8.51. The highest BCUT2D eigenvalue weighted by Gasteiger charge is 2.23. The number of likely N-dealkylation sites (tertiary alicyclic amines) is 1. The lowest BCUT2D eigenvalue weighted by Gasteiger charge is -2.31. The van der Waals surface area contributed by atoms with Crippen LogP contribution in [0.3, 0.4) is 0 Å². The van der Waals surface area contributed by atoms with Gasteiger partial charge in [-0.3, -0.25) is 4.90 Å². The van der Waals surface area contributed by atoms with Crippen molar-refractivity contribution in [3.8, 4) is 0 Å². The van der Waals surface area contributed by atoms with E-state index in [4.69, 9.17) is 14.9 Å². The molecule has 1 amide bonds. The number of aliphatic imine (C=N–C) groups is 1. The number of carbonyl (C=O) groups excluding carboxylic acids is 1. The molecule has 8 heteroatoms. The van der Waals surface area contributed by atoms with Crippen molar-refractivity contribution in [3.63, 3.8) is 0 Å². The van der Waals surface area contributed by atoms with Crippen LogP contribution in [0.2, 0.25) is 0 Å². The summed E-state index contributed by atoms with van der Waals surface area (Å²) >= 11 is 0. The van der Waals surface area contributed by atoms with E-state index < -0.39 is 0 Å². The van der Waals surface area contributed by atoms with Gasteiger partial charge in [-0.25, -0.2) is 9.79 Å². The molecule has 0 bridgehead atoms. The number of furan rings is 1. The van der Waals surface area contributed by atoms with E-state index in [1.807, 2.05) is 31.2 Å². The van der Waals surface area contributed by atoms with Gasteiger partial charge in [-0.15, -0.1) is 0 Å². The van der Waals surface area contributed by atoms with Crippen LogP contribution in [0, 0.1) is 0 Å². The zero-order valence-corrected chi connectivity index (χ0v) is 18.4. The molecule has 0 saturated carbocycles. The van der Waals surface area contributed by atoms with Crippen molar-refractivity contribution in [1.82, 2.24) is 15.1 Å². The van der Waals surface area contributed by atoms with Gasteiger partial charge in [-0.1, -0.05) is 24.3 Å². The Morgan fingerprint density at radius 1 is 1.23 bits per heavy atom. The molecule has 8 nitrogen and oxygen atoms in total. The molecule has 1 saturated heterocycles. The number of guanidine groups is 1. The second kappa shape index (κ2) is 11.4. The van der Waals surface area contributed by atoms with E-state index >= 15 is 0 Å². The van der Waals surface area contributed by atoms with E-state index in [2.05, 4.69) is 34.4 Å². The summed E-state index contributed by atoms with van der Waals surface area (Å²) in [6, 6.07) is 12.4. The maximum atomic E-state index is 11.8. The van der Waals surface area contributed by atoms with Gasteiger partial charge < -0.3 is 25.1 Å². The Morgan fingerprint density at radius 2 is 1.97 bits per heavy atom. The first-order valence-corrected chi connectivity index (χ1v) is 10.8. The third-order valence-corrected chi connectivity index (χ3v) is 5.36. The van der Waals surface area contributed by atoms with Crippen molar-refractivity contribution in [2.24, 2.45) is 10.7 Å². The molecule has 168 valence electrons. The van der Waals surface area contributed by atoms with E-state index in [9.17, 15) is 4.79 Å². The summed E-state index contributed by atoms with van der Waals surface area (Å²) in [6.07, 6.45) is 3.10. The Kier molecular flexibility index (Phi) is 8.35. The molecule has 0 unspecified atom stereocenters. The predicted molar refractivity (Wildman–Crippen MR) is 120 cm³/mol. The number of ether oxygens (including phenoxy) is 1. The first-order chi connectivity index (χ1) is 15.0. The van der Waals surface area contributed by atoms with Gasteiger partial charge >= 0.3 is 6.09 Å². The molecule has 1 aliphatic rings. The van der Waals surface area contributed by atoms with Gasteiger partial charge in [0.15, 0.2) is 5.96 Å². The van der Waals surface area contributed by atoms with Crippen LogP contribution in [0.5, 0.6) is 0 Å². The summed E-state index contributed by atoms with van der Waals surface area (Å²) in [4.78, 5) is 20.3. The lowest BCUT2D eigenvalue weighted by molar-refractivity contribution is 0.0963. The molecule has 0 atom stereocenters. The van der Waals surface area contributed by atoms with Gasteiger partial charge in [-0.05, 0) is 50.1 Å². The number of benzene rings is 1. The standard InChI is InChI=1S/C23H33N5O3/c1-3-30-23(29)28-12-10-20(11-13-28)26-22(24)25-15-18-7-4-5-8-19(18)16-27(2)17-21-9-6-14-31-21/h4-9,14,20H,3,10-13,15-17H2,1-2H3,(H3,24,25,26). The first-order valence-electron chi connectivity index (χ1n) is 10.8. The number of nitrogens with zero attached hydrogens (tertiary/aromatic N) is 3. The SMILES string of the molecule is CCOC(=O)N1CCC(NC(N)=NCc2ccccc2CN(C)Cc2ccco2)CC1. The summed E-state index contributed by atoms with van der Waals surface area (Å²) in [5, 5.41) is 3.30. The van der Waals surface area contributed by atoms with Crippen LogP contribution in [-0.4, -0.2) is 54.6 Å². The van der Waals surface area contributed by atoms with E-state index in [0.29, 0.717) is 32.2 Å². The van der Waals surface area contributed by atoms with Crippen LogP contribution in [-0.2, 0) is 24.4 Å². The molecule has 3 N–H and O–H groups in total. The number of hydrogen-bond donors (Lipinski definition) is 2. The molecule has 1 aromatic carbocycles. The number of carbonyl (C=O) groups is 1. The fraction of sp³-hybridized carbons (Fsp3) is 0.478. The average Bonchev–Trinajstić information content (AvgIpc) is 3.26. The Hall–Kier alpha value is -3.00. The molecule has 0 radical (unpaired) electrons. The maximum absolute atomic E-state index is 11.8. The molecule has 0 aliphatic carbocycles. The van der Waals surface area contributed by atoms with Crippen LogP contribution in [0.4, 0.5) is 4.79 Å². The second-order valence-electron chi connectivity index (χ2n) is 7.83. The lowest BCUT2D eigenvalue weighted by atomic mass is 10.1. The molecular weight excluding hydrogens is 394 g/mol. The number of nitrogens with two attached hydrogens (primary N) is 1. The highest BCUT2D eigenvalue weighted by atomic mass is 16.6. The Labute approximate surface area is 184 Å². The summed E-state index contributed by atoms with van der Waals surface area (Å²) in [7, 11) is 2.07. The normalized spacial score (nSPS) is 15.3. The molecule has 1 aromatic heterocycles. The largest absolute Gasteiger partial charge is 0.468 e. The van der Waals surface area contributed by atoms with Gasteiger partial charge in [-0.2, -0.15) is 0 Å². The molecule has 2 heterocycles. The average molecular weight is 428 g/mol.